The quantitative estimate of drug-likeness (QED) is 0.0743. The number of hydrogen-bond donors (Lipinski definition) is 2. The molecule has 0 fully saturated rings. The summed E-state index contributed by atoms with van der Waals surface area (Å²) in [6, 6.07) is 21.1. The van der Waals surface area contributed by atoms with Crippen LogP contribution in [0.2, 0.25) is 18.1 Å². The van der Waals surface area contributed by atoms with E-state index in [1.165, 1.54) is 0 Å². The van der Waals surface area contributed by atoms with Gasteiger partial charge in [0.15, 0.2) is 0 Å². The zero-order valence-corrected chi connectivity index (χ0v) is 31.1. The van der Waals surface area contributed by atoms with Crippen LogP contribution in [0.25, 0.3) is 0 Å². The van der Waals surface area contributed by atoms with Crippen LogP contribution in [-0.2, 0) is 16.8 Å². The summed E-state index contributed by atoms with van der Waals surface area (Å²) in [6.45, 7) is 14.8. The van der Waals surface area contributed by atoms with E-state index in [4.69, 9.17) is 16.6 Å². The molecule has 0 aliphatic heterocycles. The third-order valence-electron chi connectivity index (χ3n) is 8.49. The molecule has 3 rings (SSSR count). The molecule has 2 N–H and O–H groups in total. The molecule has 0 heterocycles. The summed E-state index contributed by atoms with van der Waals surface area (Å²) in [5.41, 5.74) is -3.26. The summed E-state index contributed by atoms with van der Waals surface area (Å²) in [5.74, 6) is 0. The van der Waals surface area contributed by atoms with Crippen molar-refractivity contribution in [3.8, 4) is 0 Å². The molecule has 3 aromatic carbocycles. The van der Waals surface area contributed by atoms with Gasteiger partial charge in [0.2, 0.25) is 0 Å². The molecule has 3 nitrogen and oxygen atoms in total. The predicted octanol–water partition coefficient (Wildman–Crippen LogP) is 9.97. The van der Waals surface area contributed by atoms with Crippen molar-refractivity contribution < 1.29 is 30.8 Å². The van der Waals surface area contributed by atoms with Gasteiger partial charge in [0.25, 0.3) is 0 Å². The summed E-state index contributed by atoms with van der Waals surface area (Å²) in [7, 11) is -2.31. The summed E-state index contributed by atoms with van der Waals surface area (Å²) < 4.78 is 85.0. The Kier molecular flexibility index (Phi) is 11.2. The van der Waals surface area contributed by atoms with Crippen LogP contribution in [0.1, 0.15) is 38.8 Å². The van der Waals surface area contributed by atoms with E-state index >= 15 is 0 Å². The fraction of sp³-hybridized carbons (Fsp3) is 0.406. The molecule has 0 aromatic heterocycles. The monoisotopic (exact) mass is 800 g/mol. The number of halogens is 7. The molecule has 248 valence electrons. The molecule has 0 saturated carbocycles. The number of alkyl halides is 6. The Hall–Kier alpha value is -1.73. The second kappa shape index (κ2) is 13.4. The first-order chi connectivity index (χ1) is 20.4. The minimum atomic E-state index is -4.98. The van der Waals surface area contributed by atoms with Crippen molar-refractivity contribution in [2.45, 2.75) is 70.3 Å². The Bertz CT molecular complexity index is 1410. The van der Waals surface area contributed by atoms with Gasteiger partial charge >= 0.3 is 283 Å². The van der Waals surface area contributed by atoms with Gasteiger partial charge in [0.05, 0.1) is 0 Å². The first-order valence-electron chi connectivity index (χ1n) is 14.3. The van der Waals surface area contributed by atoms with Gasteiger partial charge in [-0.05, 0) is 0 Å². The second-order valence-electron chi connectivity index (χ2n) is 13.1. The molecular weight excluding hydrogens is 760 g/mol. The van der Waals surface area contributed by atoms with Crippen LogP contribution in [0.4, 0.5) is 32.0 Å². The van der Waals surface area contributed by atoms with Crippen molar-refractivity contribution in [3.05, 3.63) is 90.0 Å². The Balaban J connectivity index is 2.08. The number of thiocarbonyl (C=S) groups is 1. The van der Waals surface area contributed by atoms with Crippen molar-refractivity contribution in [2.75, 3.05) is 18.1 Å². The average Bonchev–Trinajstić information content (AvgIpc) is 2.92. The fourth-order valence-electron chi connectivity index (χ4n) is 4.85. The van der Waals surface area contributed by atoms with E-state index in [1.54, 1.807) is 0 Å². The molecule has 0 saturated heterocycles. The Morgan fingerprint density at radius 1 is 0.844 bits per heavy atom. The summed E-state index contributed by atoms with van der Waals surface area (Å²) in [6.07, 6.45) is -9.84. The maximum absolute atomic E-state index is 13.5. The van der Waals surface area contributed by atoms with Crippen LogP contribution in [0, 0.1) is 0 Å². The number of rotatable bonds is 9. The fourth-order valence-corrected chi connectivity index (χ4v) is 13.7. The predicted molar refractivity (Wildman–Crippen MR) is 191 cm³/mol. The van der Waals surface area contributed by atoms with Gasteiger partial charge in [0.1, 0.15) is 0 Å². The van der Waals surface area contributed by atoms with E-state index in [1.807, 2.05) is 43.3 Å². The zero-order chi connectivity index (χ0) is 34.1. The number of nitrogens with one attached hydrogen (secondary N) is 2. The molecule has 0 spiro atoms. The topological polar surface area (TPSA) is 33.3 Å². The normalized spacial score (nSPS) is 15.5. The van der Waals surface area contributed by atoms with Gasteiger partial charge in [-0.15, -0.1) is 0 Å². The molecule has 2 atom stereocenters. The van der Waals surface area contributed by atoms with Gasteiger partial charge in [-0.1, -0.05) is 0 Å². The van der Waals surface area contributed by atoms with Gasteiger partial charge < -0.3 is 0 Å². The van der Waals surface area contributed by atoms with E-state index < -0.39 is 53.9 Å². The molecule has 0 radical (unpaired) electrons. The molecule has 13 heteroatoms. The van der Waals surface area contributed by atoms with Gasteiger partial charge in [0, 0.05) is 0 Å². The first kappa shape index (κ1) is 37.7. The molecule has 0 bridgehead atoms. The number of hydrogen-bond acceptors (Lipinski definition) is 2. The van der Waals surface area contributed by atoms with Crippen molar-refractivity contribution in [1.29, 1.82) is 0 Å². The Morgan fingerprint density at radius 3 is 1.64 bits per heavy atom. The van der Waals surface area contributed by atoms with Crippen molar-refractivity contribution >= 4 is 68.2 Å². The first-order valence-corrected chi connectivity index (χ1v) is 23.3. The van der Waals surface area contributed by atoms with E-state index in [9.17, 15) is 26.3 Å². The van der Waals surface area contributed by atoms with Crippen LogP contribution < -0.4 is 21.2 Å². The number of anilines is 1. The maximum atomic E-state index is 13.5. The van der Waals surface area contributed by atoms with Crippen molar-refractivity contribution in [2.24, 2.45) is 0 Å². The van der Waals surface area contributed by atoms with Crippen LogP contribution in [0.5, 0.6) is 0 Å². The summed E-state index contributed by atoms with van der Waals surface area (Å²) in [5, 5.41) is 7.92. The standard InChI is InChI=1S/C32H40F6IN2OPSSi/c1-22(42-45(6,7)30(2,3)4)28(21-43(5,39,26-14-10-8-11-15-26)27-16-12-9-13-17-27)41-29(44)40-25-19-23(31(33,34)35)18-24(20-25)32(36,37)38/h8-20,22,28H,21H2,1-7H3,(H2,40,41,44)/t22-,28-/m1/s1. The summed E-state index contributed by atoms with van der Waals surface area (Å²) in [4.78, 5) is 0. The SMILES string of the molecule is C[C@@H](O[Si](C)(C)C(C)(C)C)[C@@H](CP(C)(I)(c1ccccc1)c1ccccc1)NC(=S)Nc1cc(C(F)(F)F)cc(C(F)(F)F)c1. The van der Waals surface area contributed by atoms with Crippen molar-refractivity contribution in [1.82, 2.24) is 5.32 Å². The molecular formula is C32H40F6IN2OPSSi. The van der Waals surface area contributed by atoms with Crippen LogP contribution in [0.3, 0.4) is 0 Å². The van der Waals surface area contributed by atoms with Crippen LogP contribution >= 0.6 is 38.5 Å². The van der Waals surface area contributed by atoms with Gasteiger partial charge in [-0.25, -0.2) is 0 Å². The molecule has 0 unspecified atom stereocenters. The Labute approximate surface area is 281 Å². The second-order valence-corrected chi connectivity index (χ2v) is 30.8. The summed E-state index contributed by atoms with van der Waals surface area (Å²) >= 11 is 8.13. The van der Waals surface area contributed by atoms with E-state index in [-0.39, 0.29) is 16.2 Å². The zero-order valence-electron chi connectivity index (χ0n) is 26.3. The third-order valence-corrected chi connectivity index (χ3v) is 22.3. The molecule has 3 aromatic rings. The minimum absolute atomic E-state index is 0.0931. The molecule has 45 heavy (non-hydrogen) atoms. The van der Waals surface area contributed by atoms with Gasteiger partial charge in [-0.3, -0.25) is 0 Å². The van der Waals surface area contributed by atoms with Crippen molar-refractivity contribution in [3.63, 3.8) is 0 Å². The molecule has 0 aliphatic rings. The number of benzene rings is 3. The average molecular weight is 801 g/mol. The molecule has 0 aliphatic carbocycles. The third kappa shape index (κ3) is 9.21. The van der Waals surface area contributed by atoms with E-state index in [0.29, 0.717) is 18.3 Å². The van der Waals surface area contributed by atoms with Crippen LogP contribution in [0.15, 0.2) is 78.9 Å². The van der Waals surface area contributed by atoms with E-state index in [0.717, 1.165) is 10.6 Å². The molecule has 0 amide bonds. The van der Waals surface area contributed by atoms with Crippen LogP contribution in [-0.4, -0.2) is 38.4 Å². The Morgan fingerprint density at radius 2 is 1.27 bits per heavy atom. The van der Waals surface area contributed by atoms with E-state index in [2.05, 4.69) is 97.5 Å². The van der Waals surface area contributed by atoms with Gasteiger partial charge in [-0.2, -0.15) is 0 Å².